The van der Waals surface area contributed by atoms with Crippen LogP contribution in [-0.2, 0) is 7.05 Å². The molecule has 5 rings (SSSR count). The highest BCUT2D eigenvalue weighted by Gasteiger charge is 2.32. The Morgan fingerprint density at radius 2 is 1.95 bits per heavy atom. The first-order chi connectivity index (χ1) is 19.5. The maximum absolute atomic E-state index is 13.0. The van der Waals surface area contributed by atoms with Gasteiger partial charge in [-0.25, -0.2) is 26.1 Å². The lowest BCUT2D eigenvalue weighted by Crippen LogP contribution is -2.31. The van der Waals surface area contributed by atoms with E-state index >= 15 is 0 Å². The first-order valence-corrected chi connectivity index (χ1v) is 13.4. The highest BCUT2D eigenvalue weighted by Crippen LogP contribution is 2.40. The average Bonchev–Trinajstić information content (AvgIpc) is 3.60. The molecule has 0 saturated heterocycles. The summed E-state index contributed by atoms with van der Waals surface area (Å²) in [6, 6.07) is 13.1. The number of nitrogens with one attached hydrogen (secondary N) is 1. The van der Waals surface area contributed by atoms with Crippen molar-refractivity contribution in [3.63, 3.8) is 0 Å². The van der Waals surface area contributed by atoms with Crippen molar-refractivity contribution >= 4 is 11.4 Å². The molecule has 2 aromatic heterocycles. The number of anilines is 2. The SMILES string of the molecule is CC(C)/C(N)=C/N(N)COc1cccc(-c2nc(-c3ccc(N)c(N(C)N)c3)c(-c3nn(C)c(=O)n3C3CC3)[nH]2)c1. The van der Waals surface area contributed by atoms with Crippen LogP contribution in [0.5, 0.6) is 5.75 Å². The third-order valence-electron chi connectivity index (χ3n) is 6.95. The van der Waals surface area contributed by atoms with Gasteiger partial charge in [0.05, 0.1) is 11.4 Å². The summed E-state index contributed by atoms with van der Waals surface area (Å²) in [5, 5.41) is 7.44. The standard InChI is InChI=1S/C28H37N11O2/c1-16(2)22(30)14-38(32)15-41-20-7-5-6-18(12-20)26-33-24(17-8-11-21(29)23(13-17)36(3)31)25(34-26)27-35-37(4)28(40)39(27)19-9-10-19/h5-8,11-14,16,19H,9-10,15,29-32H2,1-4H3,(H,33,34)/b22-14-. The van der Waals surface area contributed by atoms with Gasteiger partial charge in [-0.05, 0) is 43.0 Å². The lowest BCUT2D eigenvalue weighted by atomic mass is 10.1. The molecule has 0 aliphatic heterocycles. The lowest BCUT2D eigenvalue weighted by molar-refractivity contribution is 0.173. The van der Waals surface area contributed by atoms with Gasteiger partial charge in [0.25, 0.3) is 0 Å². The first-order valence-electron chi connectivity index (χ1n) is 13.4. The molecule has 1 aliphatic carbocycles. The summed E-state index contributed by atoms with van der Waals surface area (Å²) < 4.78 is 9.01. The Hall–Kier alpha value is -4.75. The number of aromatic nitrogens is 5. The highest BCUT2D eigenvalue weighted by atomic mass is 16.5. The van der Waals surface area contributed by atoms with E-state index in [0.29, 0.717) is 45.9 Å². The predicted octanol–water partition coefficient (Wildman–Crippen LogP) is 2.50. The molecular weight excluding hydrogens is 522 g/mol. The summed E-state index contributed by atoms with van der Waals surface area (Å²) in [5.74, 6) is 13.9. The van der Waals surface area contributed by atoms with E-state index in [9.17, 15) is 4.79 Å². The fraction of sp³-hybridized carbons (Fsp3) is 0.321. The van der Waals surface area contributed by atoms with E-state index in [2.05, 4.69) is 10.1 Å². The second-order valence-corrected chi connectivity index (χ2v) is 10.6. The van der Waals surface area contributed by atoms with Crippen molar-refractivity contribution in [2.24, 2.45) is 30.4 Å². The van der Waals surface area contributed by atoms with Crippen molar-refractivity contribution < 1.29 is 4.74 Å². The first kappa shape index (κ1) is 27.8. The molecule has 1 fully saturated rings. The molecule has 0 spiro atoms. The van der Waals surface area contributed by atoms with Crippen molar-refractivity contribution in [1.82, 2.24) is 29.3 Å². The molecular formula is C28H37N11O2. The lowest BCUT2D eigenvalue weighted by Gasteiger charge is -2.17. The monoisotopic (exact) mass is 559 g/mol. The summed E-state index contributed by atoms with van der Waals surface area (Å²) in [5.41, 5.74) is 16.6. The molecule has 0 unspecified atom stereocenters. The third-order valence-corrected chi connectivity index (χ3v) is 6.95. The molecule has 0 atom stereocenters. The number of allylic oxidation sites excluding steroid dienone is 1. The zero-order valence-corrected chi connectivity index (χ0v) is 23.7. The van der Waals surface area contributed by atoms with E-state index in [0.717, 1.165) is 24.0 Å². The number of aromatic amines is 1. The summed E-state index contributed by atoms with van der Waals surface area (Å²) in [4.78, 5) is 21.4. The zero-order valence-electron chi connectivity index (χ0n) is 23.7. The van der Waals surface area contributed by atoms with Gasteiger partial charge >= 0.3 is 5.69 Å². The van der Waals surface area contributed by atoms with Crippen LogP contribution in [0.4, 0.5) is 11.4 Å². The quantitative estimate of drug-likeness (QED) is 0.0835. The number of nitrogens with zero attached hydrogens (tertiary/aromatic N) is 6. The van der Waals surface area contributed by atoms with Gasteiger partial charge in [0.2, 0.25) is 0 Å². The van der Waals surface area contributed by atoms with Gasteiger partial charge in [-0.15, -0.1) is 5.10 Å². The number of imidazole rings is 1. The van der Waals surface area contributed by atoms with Gasteiger partial charge in [0, 0.05) is 43.2 Å². The van der Waals surface area contributed by atoms with Gasteiger partial charge in [-0.1, -0.05) is 32.0 Å². The Morgan fingerprint density at radius 3 is 2.63 bits per heavy atom. The second-order valence-electron chi connectivity index (χ2n) is 10.6. The molecule has 2 heterocycles. The number of benzene rings is 2. The number of ether oxygens (including phenoxy) is 1. The number of H-pyrrole nitrogens is 1. The van der Waals surface area contributed by atoms with Crippen LogP contribution in [0.1, 0.15) is 32.7 Å². The van der Waals surface area contributed by atoms with Crippen molar-refractivity contribution in [3.8, 4) is 39.9 Å². The summed E-state index contributed by atoms with van der Waals surface area (Å²) in [6.45, 7) is 4.09. The number of hydrazine groups is 2. The van der Waals surface area contributed by atoms with Crippen LogP contribution >= 0.6 is 0 Å². The van der Waals surface area contributed by atoms with Gasteiger partial charge in [-0.3, -0.25) is 9.58 Å². The number of hydrogen-bond acceptors (Lipinski definition) is 10. The Morgan fingerprint density at radius 1 is 1.20 bits per heavy atom. The normalized spacial score (nSPS) is 13.6. The van der Waals surface area contributed by atoms with Crippen LogP contribution in [0.3, 0.4) is 0 Å². The Labute approximate surface area is 237 Å². The summed E-state index contributed by atoms with van der Waals surface area (Å²) in [7, 11) is 3.37. The minimum atomic E-state index is -0.168. The number of aryl methyl sites for hydroxylation is 1. The van der Waals surface area contributed by atoms with E-state index in [4.69, 9.17) is 32.9 Å². The molecule has 13 heteroatoms. The van der Waals surface area contributed by atoms with E-state index in [1.807, 2.05) is 50.2 Å². The molecule has 1 saturated carbocycles. The molecule has 216 valence electrons. The van der Waals surface area contributed by atoms with Gasteiger partial charge in [-0.2, -0.15) is 0 Å². The van der Waals surface area contributed by atoms with Crippen LogP contribution in [-0.4, -0.2) is 43.1 Å². The van der Waals surface area contributed by atoms with Gasteiger partial charge in [0.1, 0.15) is 23.0 Å². The maximum atomic E-state index is 13.0. The van der Waals surface area contributed by atoms with E-state index in [-0.39, 0.29) is 24.4 Å². The van der Waals surface area contributed by atoms with Crippen LogP contribution in [0.25, 0.3) is 34.2 Å². The van der Waals surface area contributed by atoms with Crippen molar-refractivity contribution in [3.05, 3.63) is 64.8 Å². The summed E-state index contributed by atoms with van der Waals surface area (Å²) >= 11 is 0. The number of nitrogens with two attached hydrogens (primary N) is 4. The molecule has 41 heavy (non-hydrogen) atoms. The fourth-order valence-electron chi connectivity index (χ4n) is 4.45. The molecule has 4 aromatic rings. The van der Waals surface area contributed by atoms with Crippen LogP contribution in [0.2, 0.25) is 0 Å². The topological polar surface area (TPSA) is 188 Å². The Balaban J connectivity index is 1.56. The molecule has 0 radical (unpaired) electrons. The van der Waals surface area contributed by atoms with Crippen LogP contribution < -0.4 is 38.6 Å². The van der Waals surface area contributed by atoms with Crippen LogP contribution in [0, 0.1) is 5.92 Å². The smallest absolute Gasteiger partial charge is 0.346 e. The number of nitrogen functional groups attached to an aromatic ring is 1. The van der Waals surface area contributed by atoms with Crippen molar-refractivity contribution in [1.29, 1.82) is 0 Å². The highest BCUT2D eigenvalue weighted by molar-refractivity contribution is 5.83. The Kier molecular flexibility index (Phi) is 7.47. The summed E-state index contributed by atoms with van der Waals surface area (Å²) in [6.07, 6.45) is 3.51. The molecule has 2 aromatic carbocycles. The average molecular weight is 560 g/mol. The molecule has 0 bridgehead atoms. The second kappa shape index (κ2) is 11.0. The molecule has 0 amide bonds. The minimum Gasteiger partial charge on any atom is -0.472 e. The fourth-order valence-corrected chi connectivity index (χ4v) is 4.45. The number of hydrogen-bond donors (Lipinski definition) is 5. The number of rotatable bonds is 10. The predicted molar refractivity (Wildman–Crippen MR) is 160 cm³/mol. The van der Waals surface area contributed by atoms with E-state index in [1.54, 1.807) is 30.9 Å². The molecule has 9 N–H and O–H groups in total. The van der Waals surface area contributed by atoms with E-state index in [1.165, 1.54) is 14.7 Å². The Bertz CT molecular complexity index is 1640. The van der Waals surface area contributed by atoms with Crippen molar-refractivity contribution in [2.75, 3.05) is 24.5 Å². The van der Waals surface area contributed by atoms with Gasteiger partial charge < -0.3 is 26.2 Å². The minimum absolute atomic E-state index is 0.105. The maximum Gasteiger partial charge on any atom is 0.346 e. The largest absolute Gasteiger partial charge is 0.472 e. The van der Waals surface area contributed by atoms with E-state index < -0.39 is 0 Å². The molecule has 13 nitrogen and oxygen atoms in total. The van der Waals surface area contributed by atoms with Crippen molar-refractivity contribution in [2.45, 2.75) is 32.7 Å². The van der Waals surface area contributed by atoms with Crippen LogP contribution in [0.15, 0.2) is 59.2 Å². The zero-order chi connectivity index (χ0) is 29.4. The van der Waals surface area contributed by atoms with Gasteiger partial charge in [0.15, 0.2) is 12.6 Å². The third kappa shape index (κ3) is 5.76. The molecule has 1 aliphatic rings.